The highest BCUT2D eigenvalue weighted by Gasteiger charge is 2.24. The number of aromatic nitrogens is 3. The molecular weight excluding hydrogens is 278 g/mol. The molecular formula is C13H17N3O3S. The third-order valence-electron chi connectivity index (χ3n) is 3.48. The van der Waals surface area contributed by atoms with Crippen molar-refractivity contribution in [2.75, 3.05) is 12.9 Å². The number of hydrogen-bond donors (Lipinski definition) is 0. The fraction of sp³-hybridized carbons (Fsp3) is 0.615. The van der Waals surface area contributed by atoms with Crippen molar-refractivity contribution < 1.29 is 9.15 Å². The van der Waals surface area contributed by atoms with Gasteiger partial charge in [0.25, 0.3) is 5.22 Å². The number of hydrogen-bond acceptors (Lipinski definition) is 6. The standard InChI is InChI=1S/C13H17N3O3S/c1-3-8-11-10(12(17)14-13(19-11)20-2)15-16(8)9-6-4-5-7-18-9/h9H,3-7H2,1-2H3. The molecule has 3 heterocycles. The Hall–Kier alpha value is -1.34. The Kier molecular flexibility index (Phi) is 3.80. The summed E-state index contributed by atoms with van der Waals surface area (Å²) in [5.74, 6) is 0. The van der Waals surface area contributed by atoms with E-state index in [1.807, 2.05) is 13.2 Å². The fourth-order valence-corrected chi connectivity index (χ4v) is 2.85. The van der Waals surface area contributed by atoms with Gasteiger partial charge in [-0.1, -0.05) is 18.7 Å². The number of fused-ring (bicyclic) bond motifs is 1. The predicted octanol–water partition coefficient (Wildman–Crippen LogP) is 2.37. The van der Waals surface area contributed by atoms with Crippen LogP contribution in [0.4, 0.5) is 0 Å². The first-order valence-electron chi connectivity index (χ1n) is 6.82. The molecule has 0 radical (unpaired) electrons. The smallest absolute Gasteiger partial charge is 0.305 e. The molecule has 1 atom stereocenters. The fourth-order valence-electron chi connectivity index (χ4n) is 2.51. The average Bonchev–Trinajstić information content (AvgIpc) is 2.87. The van der Waals surface area contributed by atoms with Crippen LogP contribution in [-0.2, 0) is 11.2 Å². The molecule has 0 N–H and O–H groups in total. The highest BCUT2D eigenvalue weighted by atomic mass is 32.2. The summed E-state index contributed by atoms with van der Waals surface area (Å²) in [5.41, 5.74) is 1.42. The van der Waals surface area contributed by atoms with Gasteiger partial charge < -0.3 is 9.15 Å². The van der Waals surface area contributed by atoms with Crippen molar-refractivity contribution in [2.45, 2.75) is 44.1 Å². The first kappa shape index (κ1) is 13.6. The van der Waals surface area contributed by atoms with Crippen molar-refractivity contribution in [1.82, 2.24) is 14.8 Å². The molecule has 3 rings (SSSR count). The maximum atomic E-state index is 12.0. The van der Waals surface area contributed by atoms with E-state index in [0.29, 0.717) is 16.3 Å². The Balaban J connectivity index is 2.17. The highest BCUT2D eigenvalue weighted by molar-refractivity contribution is 7.98. The Labute approximate surface area is 120 Å². The van der Waals surface area contributed by atoms with E-state index in [4.69, 9.17) is 9.15 Å². The molecule has 7 heteroatoms. The van der Waals surface area contributed by atoms with Gasteiger partial charge in [0, 0.05) is 6.61 Å². The van der Waals surface area contributed by atoms with Crippen LogP contribution in [0.1, 0.15) is 38.1 Å². The van der Waals surface area contributed by atoms with Crippen LogP contribution in [0.2, 0.25) is 0 Å². The monoisotopic (exact) mass is 295 g/mol. The van der Waals surface area contributed by atoms with E-state index in [9.17, 15) is 4.79 Å². The lowest BCUT2D eigenvalue weighted by molar-refractivity contribution is -0.0406. The number of rotatable bonds is 3. The van der Waals surface area contributed by atoms with E-state index in [0.717, 1.165) is 38.0 Å². The molecule has 2 aromatic rings. The van der Waals surface area contributed by atoms with Gasteiger partial charge in [-0.25, -0.2) is 4.68 Å². The second kappa shape index (κ2) is 5.57. The van der Waals surface area contributed by atoms with Gasteiger partial charge >= 0.3 is 5.56 Å². The Morgan fingerprint density at radius 3 is 2.95 bits per heavy atom. The molecule has 108 valence electrons. The van der Waals surface area contributed by atoms with Crippen LogP contribution >= 0.6 is 11.8 Å². The summed E-state index contributed by atoms with van der Waals surface area (Å²) >= 11 is 1.32. The van der Waals surface area contributed by atoms with Crippen molar-refractivity contribution >= 4 is 22.9 Å². The molecule has 2 aromatic heterocycles. The van der Waals surface area contributed by atoms with Crippen LogP contribution in [0.15, 0.2) is 14.4 Å². The second-order valence-corrected chi connectivity index (χ2v) is 5.49. The lowest BCUT2D eigenvalue weighted by atomic mass is 10.2. The Morgan fingerprint density at radius 1 is 1.45 bits per heavy atom. The zero-order valence-electron chi connectivity index (χ0n) is 11.6. The Bertz CT molecular complexity index is 673. The van der Waals surface area contributed by atoms with E-state index >= 15 is 0 Å². The summed E-state index contributed by atoms with van der Waals surface area (Å²) in [5, 5.41) is 4.77. The van der Waals surface area contributed by atoms with E-state index in [-0.39, 0.29) is 11.8 Å². The number of nitrogens with zero attached hydrogens (tertiary/aromatic N) is 3. The summed E-state index contributed by atoms with van der Waals surface area (Å²) in [4.78, 5) is 15.9. The van der Waals surface area contributed by atoms with Crippen LogP contribution in [0, 0.1) is 0 Å². The normalized spacial score (nSPS) is 19.6. The SMILES string of the molecule is CCc1c2oc(SC)nc(=O)c2nn1C1CCCCO1. The summed E-state index contributed by atoms with van der Waals surface area (Å²) in [7, 11) is 0. The summed E-state index contributed by atoms with van der Waals surface area (Å²) in [6.45, 7) is 2.76. The molecule has 6 nitrogen and oxygen atoms in total. The van der Waals surface area contributed by atoms with Crippen molar-refractivity contribution in [3.63, 3.8) is 0 Å². The summed E-state index contributed by atoms with van der Waals surface area (Å²) in [6.07, 6.45) is 5.57. The van der Waals surface area contributed by atoms with Crippen LogP contribution in [-0.4, -0.2) is 27.6 Å². The van der Waals surface area contributed by atoms with Crippen molar-refractivity contribution in [2.24, 2.45) is 0 Å². The van der Waals surface area contributed by atoms with Gasteiger partial charge in [-0.3, -0.25) is 4.79 Å². The molecule has 0 saturated carbocycles. The molecule has 0 bridgehead atoms. The van der Waals surface area contributed by atoms with E-state index in [1.54, 1.807) is 4.68 Å². The van der Waals surface area contributed by atoms with Gasteiger partial charge in [0.05, 0.1) is 5.69 Å². The first-order chi connectivity index (χ1) is 9.74. The molecule has 0 amide bonds. The van der Waals surface area contributed by atoms with Crippen molar-refractivity contribution in [1.29, 1.82) is 0 Å². The number of thioether (sulfide) groups is 1. The van der Waals surface area contributed by atoms with Crippen molar-refractivity contribution in [3.8, 4) is 0 Å². The molecule has 1 saturated heterocycles. The average molecular weight is 295 g/mol. The van der Waals surface area contributed by atoms with Crippen LogP contribution in [0.5, 0.6) is 0 Å². The zero-order valence-corrected chi connectivity index (χ0v) is 12.4. The van der Waals surface area contributed by atoms with Crippen LogP contribution in [0.3, 0.4) is 0 Å². The Morgan fingerprint density at radius 2 is 2.30 bits per heavy atom. The topological polar surface area (TPSA) is 70.2 Å². The van der Waals surface area contributed by atoms with Crippen LogP contribution < -0.4 is 5.56 Å². The molecule has 1 unspecified atom stereocenters. The lowest BCUT2D eigenvalue weighted by Gasteiger charge is -2.24. The molecule has 1 fully saturated rings. The third kappa shape index (κ3) is 2.25. The largest absolute Gasteiger partial charge is 0.429 e. The lowest BCUT2D eigenvalue weighted by Crippen LogP contribution is -2.21. The molecule has 20 heavy (non-hydrogen) atoms. The zero-order chi connectivity index (χ0) is 14.1. The van der Waals surface area contributed by atoms with Crippen LogP contribution in [0.25, 0.3) is 11.1 Å². The molecule has 1 aliphatic rings. The van der Waals surface area contributed by atoms with Gasteiger partial charge in [-0.2, -0.15) is 10.1 Å². The molecule has 0 aliphatic carbocycles. The maximum Gasteiger partial charge on any atom is 0.305 e. The van der Waals surface area contributed by atoms with Crippen molar-refractivity contribution in [3.05, 3.63) is 16.0 Å². The first-order valence-corrected chi connectivity index (χ1v) is 8.05. The van der Waals surface area contributed by atoms with E-state index in [1.165, 1.54) is 11.8 Å². The van der Waals surface area contributed by atoms with Gasteiger partial charge in [0.1, 0.15) is 0 Å². The second-order valence-electron chi connectivity index (χ2n) is 4.73. The molecule has 0 spiro atoms. The van der Waals surface area contributed by atoms with Gasteiger partial charge in [-0.05, 0) is 31.9 Å². The summed E-state index contributed by atoms with van der Waals surface area (Å²) in [6, 6.07) is 0. The number of ether oxygens (including phenoxy) is 1. The highest BCUT2D eigenvalue weighted by Crippen LogP contribution is 2.28. The third-order valence-corrected chi connectivity index (χ3v) is 4.01. The summed E-state index contributed by atoms with van der Waals surface area (Å²) < 4.78 is 13.3. The predicted molar refractivity (Wildman–Crippen MR) is 76.1 cm³/mol. The quantitative estimate of drug-likeness (QED) is 0.810. The minimum atomic E-state index is -0.333. The van der Waals surface area contributed by atoms with Gasteiger partial charge in [-0.15, -0.1) is 0 Å². The maximum absolute atomic E-state index is 12.0. The molecule has 1 aliphatic heterocycles. The minimum absolute atomic E-state index is 0.0987. The van der Waals surface area contributed by atoms with Gasteiger partial charge in [0.2, 0.25) is 0 Å². The van der Waals surface area contributed by atoms with E-state index < -0.39 is 0 Å². The number of aryl methyl sites for hydroxylation is 1. The van der Waals surface area contributed by atoms with E-state index in [2.05, 4.69) is 10.1 Å². The molecule has 0 aromatic carbocycles. The minimum Gasteiger partial charge on any atom is -0.429 e. The van der Waals surface area contributed by atoms with Gasteiger partial charge in [0.15, 0.2) is 17.3 Å².